The lowest BCUT2D eigenvalue weighted by Gasteiger charge is -2.10. The van der Waals surface area contributed by atoms with Gasteiger partial charge in [0.2, 0.25) is 0 Å². The van der Waals surface area contributed by atoms with Gasteiger partial charge in [0.05, 0.1) is 6.61 Å². The van der Waals surface area contributed by atoms with Gasteiger partial charge in [0, 0.05) is 11.6 Å². The number of phenolic OH excluding ortho intramolecular Hbond substituents is 1. The van der Waals surface area contributed by atoms with Crippen LogP contribution in [0.25, 0.3) is 0 Å². The number of carbonyl (C=O) groups excluding carboxylic acids is 1. The molecule has 0 spiro atoms. The zero-order valence-corrected chi connectivity index (χ0v) is 10.5. The standard InChI is InChI=1S/C15H14O4/c1-2-18-15-9-13(6-7-14(15)17)19-12-5-3-4-11(8-12)10-16/h3-10,17H,2H2,1H3. The Labute approximate surface area is 111 Å². The number of aldehydes is 1. The molecule has 0 amide bonds. The van der Waals surface area contributed by atoms with E-state index in [2.05, 4.69) is 0 Å². The number of rotatable bonds is 5. The fraction of sp³-hybridized carbons (Fsp3) is 0.133. The molecule has 0 fully saturated rings. The fourth-order valence-corrected chi connectivity index (χ4v) is 1.62. The van der Waals surface area contributed by atoms with E-state index in [9.17, 15) is 9.90 Å². The van der Waals surface area contributed by atoms with Gasteiger partial charge < -0.3 is 14.6 Å². The van der Waals surface area contributed by atoms with Crippen molar-refractivity contribution in [3.05, 3.63) is 48.0 Å². The van der Waals surface area contributed by atoms with Crippen molar-refractivity contribution < 1.29 is 19.4 Å². The largest absolute Gasteiger partial charge is 0.504 e. The van der Waals surface area contributed by atoms with E-state index in [1.165, 1.54) is 6.07 Å². The minimum atomic E-state index is 0.0656. The third-order valence-electron chi connectivity index (χ3n) is 2.46. The minimum Gasteiger partial charge on any atom is -0.504 e. The van der Waals surface area contributed by atoms with E-state index in [4.69, 9.17) is 9.47 Å². The summed E-state index contributed by atoms with van der Waals surface area (Å²) in [6.45, 7) is 2.29. The molecular weight excluding hydrogens is 244 g/mol. The van der Waals surface area contributed by atoms with E-state index in [-0.39, 0.29) is 5.75 Å². The molecule has 0 saturated heterocycles. The van der Waals surface area contributed by atoms with E-state index in [0.29, 0.717) is 29.4 Å². The number of hydrogen-bond donors (Lipinski definition) is 1. The van der Waals surface area contributed by atoms with Crippen LogP contribution in [0, 0.1) is 0 Å². The molecule has 0 aromatic heterocycles. The number of hydrogen-bond acceptors (Lipinski definition) is 4. The van der Waals surface area contributed by atoms with Crippen molar-refractivity contribution in [2.24, 2.45) is 0 Å². The molecule has 2 rings (SSSR count). The molecule has 0 unspecified atom stereocenters. The van der Waals surface area contributed by atoms with Crippen molar-refractivity contribution in [2.45, 2.75) is 6.92 Å². The second kappa shape index (κ2) is 5.91. The second-order valence-electron chi connectivity index (χ2n) is 3.85. The van der Waals surface area contributed by atoms with Crippen molar-refractivity contribution in [1.82, 2.24) is 0 Å². The first-order valence-electron chi connectivity index (χ1n) is 5.92. The number of phenols is 1. The van der Waals surface area contributed by atoms with Crippen LogP contribution < -0.4 is 9.47 Å². The topological polar surface area (TPSA) is 55.8 Å². The number of carbonyl (C=O) groups is 1. The average molecular weight is 258 g/mol. The van der Waals surface area contributed by atoms with Crippen LogP contribution >= 0.6 is 0 Å². The number of benzene rings is 2. The highest BCUT2D eigenvalue weighted by Crippen LogP contribution is 2.32. The SMILES string of the molecule is CCOc1cc(Oc2cccc(C=O)c2)ccc1O. The van der Waals surface area contributed by atoms with Crippen molar-refractivity contribution in [3.8, 4) is 23.0 Å². The first-order valence-corrected chi connectivity index (χ1v) is 5.92. The lowest BCUT2D eigenvalue weighted by molar-refractivity contribution is 0.112. The highest BCUT2D eigenvalue weighted by atomic mass is 16.5. The molecule has 4 heteroatoms. The summed E-state index contributed by atoms with van der Waals surface area (Å²) in [7, 11) is 0. The molecule has 19 heavy (non-hydrogen) atoms. The van der Waals surface area contributed by atoms with Crippen LogP contribution in [0.2, 0.25) is 0 Å². The number of aromatic hydroxyl groups is 1. The van der Waals surface area contributed by atoms with E-state index in [1.54, 1.807) is 36.4 Å². The highest BCUT2D eigenvalue weighted by molar-refractivity contribution is 5.75. The van der Waals surface area contributed by atoms with Gasteiger partial charge in [0.1, 0.15) is 17.8 Å². The molecule has 0 bridgehead atoms. The van der Waals surface area contributed by atoms with Gasteiger partial charge >= 0.3 is 0 Å². The molecule has 98 valence electrons. The van der Waals surface area contributed by atoms with Gasteiger partial charge in [-0.1, -0.05) is 12.1 Å². The van der Waals surface area contributed by atoms with Crippen molar-refractivity contribution >= 4 is 6.29 Å². The van der Waals surface area contributed by atoms with Crippen molar-refractivity contribution in [3.63, 3.8) is 0 Å². The Morgan fingerprint density at radius 1 is 1.16 bits per heavy atom. The fourth-order valence-electron chi connectivity index (χ4n) is 1.62. The van der Waals surface area contributed by atoms with Crippen molar-refractivity contribution in [1.29, 1.82) is 0 Å². The lowest BCUT2D eigenvalue weighted by Crippen LogP contribution is -1.93. The van der Waals surface area contributed by atoms with E-state index >= 15 is 0 Å². The van der Waals surface area contributed by atoms with Gasteiger partial charge in [-0.3, -0.25) is 4.79 Å². The molecule has 2 aromatic carbocycles. The van der Waals surface area contributed by atoms with Gasteiger partial charge in [-0.2, -0.15) is 0 Å². The van der Waals surface area contributed by atoms with E-state index in [0.717, 1.165) is 6.29 Å². The summed E-state index contributed by atoms with van der Waals surface area (Å²) in [5.74, 6) is 1.52. The summed E-state index contributed by atoms with van der Waals surface area (Å²) in [5, 5.41) is 9.59. The molecule has 0 radical (unpaired) electrons. The molecule has 0 saturated carbocycles. The molecular formula is C15H14O4. The van der Waals surface area contributed by atoms with E-state index < -0.39 is 0 Å². The first kappa shape index (κ1) is 13.0. The Hall–Kier alpha value is -2.49. The maximum absolute atomic E-state index is 10.7. The maximum atomic E-state index is 10.7. The summed E-state index contributed by atoms with van der Waals surface area (Å²) in [4.78, 5) is 10.7. The van der Waals surface area contributed by atoms with E-state index in [1.807, 2.05) is 6.92 Å². The van der Waals surface area contributed by atoms with Crippen LogP contribution in [-0.2, 0) is 0 Å². The van der Waals surface area contributed by atoms with Gasteiger partial charge in [0.15, 0.2) is 11.5 Å². The van der Waals surface area contributed by atoms with Crippen LogP contribution in [0.1, 0.15) is 17.3 Å². The van der Waals surface area contributed by atoms with Gasteiger partial charge in [-0.05, 0) is 31.2 Å². The monoisotopic (exact) mass is 258 g/mol. The Morgan fingerprint density at radius 3 is 2.68 bits per heavy atom. The number of ether oxygens (including phenoxy) is 2. The summed E-state index contributed by atoms with van der Waals surface area (Å²) in [6.07, 6.45) is 0.759. The zero-order chi connectivity index (χ0) is 13.7. The maximum Gasteiger partial charge on any atom is 0.164 e. The molecule has 0 aliphatic rings. The Bertz CT molecular complexity index is 578. The van der Waals surface area contributed by atoms with Gasteiger partial charge in [-0.15, -0.1) is 0 Å². The summed E-state index contributed by atoms with van der Waals surface area (Å²) in [5.41, 5.74) is 0.543. The summed E-state index contributed by atoms with van der Waals surface area (Å²) in [6, 6.07) is 11.6. The molecule has 0 atom stereocenters. The lowest BCUT2D eigenvalue weighted by atomic mass is 10.2. The summed E-state index contributed by atoms with van der Waals surface area (Å²) < 4.78 is 10.9. The van der Waals surface area contributed by atoms with Gasteiger partial charge in [0.25, 0.3) is 0 Å². The Morgan fingerprint density at radius 2 is 1.95 bits per heavy atom. The van der Waals surface area contributed by atoms with Crippen LogP contribution in [0.15, 0.2) is 42.5 Å². The second-order valence-corrected chi connectivity index (χ2v) is 3.85. The predicted octanol–water partition coefficient (Wildman–Crippen LogP) is 3.40. The quantitative estimate of drug-likeness (QED) is 0.835. The molecule has 0 heterocycles. The Kier molecular flexibility index (Phi) is 4.03. The van der Waals surface area contributed by atoms with Crippen LogP contribution in [-0.4, -0.2) is 18.0 Å². The highest BCUT2D eigenvalue weighted by Gasteiger charge is 2.05. The normalized spacial score (nSPS) is 9.95. The van der Waals surface area contributed by atoms with Crippen molar-refractivity contribution in [2.75, 3.05) is 6.61 Å². The smallest absolute Gasteiger partial charge is 0.164 e. The third kappa shape index (κ3) is 3.25. The first-order chi connectivity index (χ1) is 9.22. The molecule has 0 aliphatic carbocycles. The van der Waals surface area contributed by atoms with Gasteiger partial charge in [-0.25, -0.2) is 0 Å². The molecule has 4 nitrogen and oxygen atoms in total. The van der Waals surface area contributed by atoms with Crippen LogP contribution in [0.3, 0.4) is 0 Å². The average Bonchev–Trinajstić information content (AvgIpc) is 2.43. The Balaban J connectivity index is 2.22. The third-order valence-corrected chi connectivity index (χ3v) is 2.46. The zero-order valence-electron chi connectivity index (χ0n) is 10.5. The molecule has 2 aromatic rings. The molecule has 1 N–H and O–H groups in total. The minimum absolute atomic E-state index is 0.0656. The van der Waals surface area contributed by atoms with Crippen LogP contribution in [0.4, 0.5) is 0 Å². The summed E-state index contributed by atoms with van der Waals surface area (Å²) >= 11 is 0. The predicted molar refractivity (Wildman–Crippen MR) is 71.2 cm³/mol. The molecule has 0 aliphatic heterocycles. The van der Waals surface area contributed by atoms with Crippen LogP contribution in [0.5, 0.6) is 23.0 Å².